The Morgan fingerprint density at radius 2 is 1.71 bits per heavy atom. The van der Waals surface area contributed by atoms with Gasteiger partial charge in [-0.05, 0) is 50.2 Å². The summed E-state index contributed by atoms with van der Waals surface area (Å²) in [7, 11) is 0. The molecule has 3 amide bonds. The number of likely N-dealkylation sites (tertiary alicyclic amines) is 2. The van der Waals surface area contributed by atoms with E-state index in [4.69, 9.17) is 5.73 Å². The van der Waals surface area contributed by atoms with E-state index in [9.17, 15) is 34.2 Å². The Bertz CT molecular complexity index is 1230. The molecule has 0 aliphatic carbocycles. The van der Waals surface area contributed by atoms with Crippen molar-refractivity contribution in [3.8, 4) is 0 Å². The molecule has 38 heavy (non-hydrogen) atoms. The maximum absolute atomic E-state index is 13.5. The van der Waals surface area contributed by atoms with Crippen molar-refractivity contribution in [1.82, 2.24) is 20.1 Å². The van der Waals surface area contributed by atoms with E-state index in [-0.39, 0.29) is 25.8 Å². The van der Waals surface area contributed by atoms with Crippen molar-refractivity contribution in [2.45, 2.75) is 69.1 Å². The number of nitrogens with zero attached hydrogens (tertiary/aromatic N) is 2. The summed E-state index contributed by atoms with van der Waals surface area (Å²) >= 11 is 0. The lowest BCUT2D eigenvalue weighted by molar-refractivity contribution is -0.152. The summed E-state index contributed by atoms with van der Waals surface area (Å²) in [6.07, 6.45) is 3.26. The van der Waals surface area contributed by atoms with Crippen molar-refractivity contribution >= 4 is 40.6 Å². The fourth-order valence-corrected chi connectivity index (χ4v) is 5.40. The number of nitrogens with one attached hydrogen (secondary N) is 2. The first-order chi connectivity index (χ1) is 18.2. The summed E-state index contributed by atoms with van der Waals surface area (Å²) in [5.41, 5.74) is 7.91. The summed E-state index contributed by atoms with van der Waals surface area (Å²) in [5.74, 6) is -3.81. The van der Waals surface area contributed by atoms with E-state index in [1.165, 1.54) is 9.80 Å². The molecule has 4 rings (SSSR count). The number of benzene rings is 1. The average Bonchev–Trinajstić information content (AvgIpc) is 3.65. The van der Waals surface area contributed by atoms with Gasteiger partial charge in [-0.3, -0.25) is 19.2 Å². The van der Waals surface area contributed by atoms with E-state index in [2.05, 4.69) is 10.3 Å². The number of carboxylic acids is 2. The Labute approximate surface area is 219 Å². The third-order valence-electron chi connectivity index (χ3n) is 7.35. The van der Waals surface area contributed by atoms with Gasteiger partial charge in [0.2, 0.25) is 17.7 Å². The molecule has 12 heteroatoms. The van der Waals surface area contributed by atoms with Crippen molar-refractivity contribution in [3.05, 3.63) is 36.0 Å². The smallest absolute Gasteiger partial charge is 0.326 e. The highest BCUT2D eigenvalue weighted by atomic mass is 16.4. The predicted molar refractivity (Wildman–Crippen MR) is 136 cm³/mol. The minimum absolute atomic E-state index is 0.168. The molecule has 1 aromatic heterocycles. The number of fused-ring (bicyclic) bond motifs is 1. The Morgan fingerprint density at radius 1 is 1.03 bits per heavy atom. The molecular formula is C26H33N5O7. The van der Waals surface area contributed by atoms with Crippen molar-refractivity contribution in [3.63, 3.8) is 0 Å². The van der Waals surface area contributed by atoms with Crippen molar-refractivity contribution in [2.75, 3.05) is 13.1 Å². The number of hydrogen-bond acceptors (Lipinski definition) is 6. The first kappa shape index (κ1) is 27.1. The van der Waals surface area contributed by atoms with Crippen LogP contribution in [-0.2, 0) is 30.4 Å². The third kappa shape index (κ3) is 5.80. The number of amides is 3. The number of carbonyl (C=O) groups is 5. The summed E-state index contributed by atoms with van der Waals surface area (Å²) in [4.78, 5) is 68.4. The van der Waals surface area contributed by atoms with Crippen LogP contribution in [0.3, 0.4) is 0 Å². The molecule has 204 valence electrons. The Morgan fingerprint density at radius 3 is 2.42 bits per heavy atom. The Kier molecular flexibility index (Phi) is 8.30. The second kappa shape index (κ2) is 11.6. The number of nitrogens with two attached hydrogens (primary N) is 1. The molecule has 6 N–H and O–H groups in total. The number of aromatic nitrogens is 1. The van der Waals surface area contributed by atoms with Crippen molar-refractivity contribution in [2.24, 2.45) is 5.73 Å². The van der Waals surface area contributed by atoms with Crippen LogP contribution in [0.1, 0.15) is 44.1 Å². The quantitative estimate of drug-likeness (QED) is 0.295. The lowest BCUT2D eigenvalue weighted by atomic mass is 10.0. The highest BCUT2D eigenvalue weighted by Crippen LogP contribution is 2.26. The van der Waals surface area contributed by atoms with Crippen LogP contribution < -0.4 is 11.1 Å². The zero-order chi connectivity index (χ0) is 27.4. The molecule has 0 bridgehead atoms. The monoisotopic (exact) mass is 527 g/mol. The number of carboxylic acid groups (broad SMARTS) is 2. The summed E-state index contributed by atoms with van der Waals surface area (Å²) in [5, 5.41) is 22.2. The largest absolute Gasteiger partial charge is 0.481 e. The van der Waals surface area contributed by atoms with Crippen LogP contribution in [0.15, 0.2) is 30.5 Å². The fraction of sp³-hybridized carbons (Fsp3) is 0.500. The summed E-state index contributed by atoms with van der Waals surface area (Å²) in [6.45, 7) is 0.553. The van der Waals surface area contributed by atoms with Gasteiger partial charge in [-0.25, -0.2) is 4.79 Å². The van der Waals surface area contributed by atoms with Gasteiger partial charge >= 0.3 is 11.9 Å². The molecule has 2 aliphatic heterocycles. The van der Waals surface area contributed by atoms with Crippen molar-refractivity contribution < 1.29 is 34.2 Å². The number of aliphatic carboxylic acids is 2. The van der Waals surface area contributed by atoms with E-state index >= 15 is 0 Å². The number of carbonyl (C=O) groups excluding carboxylic acids is 3. The Balaban J connectivity index is 1.46. The zero-order valence-electron chi connectivity index (χ0n) is 21.0. The lowest BCUT2D eigenvalue weighted by Gasteiger charge is -2.32. The first-order valence-electron chi connectivity index (χ1n) is 12.8. The van der Waals surface area contributed by atoms with Crippen molar-refractivity contribution in [1.29, 1.82) is 0 Å². The van der Waals surface area contributed by atoms with Gasteiger partial charge in [0.1, 0.15) is 18.1 Å². The molecule has 1 aromatic carbocycles. The number of hydrogen-bond donors (Lipinski definition) is 5. The highest BCUT2D eigenvalue weighted by molar-refractivity contribution is 5.95. The van der Waals surface area contributed by atoms with Gasteiger partial charge in [0.05, 0.1) is 6.04 Å². The van der Waals surface area contributed by atoms with Gasteiger partial charge in [-0.2, -0.15) is 0 Å². The number of H-pyrrole nitrogens is 1. The number of rotatable bonds is 10. The van der Waals surface area contributed by atoms with E-state index in [1.54, 1.807) is 6.20 Å². The lowest BCUT2D eigenvalue weighted by Crippen LogP contribution is -2.57. The molecule has 0 saturated carbocycles. The molecule has 2 fully saturated rings. The van der Waals surface area contributed by atoms with Crippen LogP contribution in [0.2, 0.25) is 0 Å². The second-order valence-corrected chi connectivity index (χ2v) is 9.88. The molecule has 2 aromatic rings. The van der Waals surface area contributed by atoms with E-state index in [1.807, 2.05) is 24.3 Å². The van der Waals surface area contributed by atoms with Crippen LogP contribution in [0, 0.1) is 0 Å². The number of aromatic amines is 1. The molecule has 4 unspecified atom stereocenters. The molecule has 2 aliphatic rings. The molecule has 2 saturated heterocycles. The van der Waals surface area contributed by atoms with E-state index in [0.717, 1.165) is 16.5 Å². The van der Waals surface area contributed by atoms with Gasteiger partial charge < -0.3 is 36.0 Å². The molecule has 0 radical (unpaired) electrons. The predicted octanol–water partition coefficient (Wildman–Crippen LogP) is 0.454. The molecule has 0 spiro atoms. The molecular weight excluding hydrogens is 494 g/mol. The van der Waals surface area contributed by atoms with Gasteiger partial charge in [0.15, 0.2) is 0 Å². The highest BCUT2D eigenvalue weighted by Gasteiger charge is 2.43. The Hall–Kier alpha value is -3.93. The normalized spacial score (nSPS) is 20.9. The van der Waals surface area contributed by atoms with E-state index < -0.39 is 53.8 Å². The molecule has 12 nitrogen and oxygen atoms in total. The van der Waals surface area contributed by atoms with Gasteiger partial charge in [-0.15, -0.1) is 0 Å². The van der Waals surface area contributed by atoms with Crippen LogP contribution >= 0.6 is 0 Å². The summed E-state index contributed by atoms with van der Waals surface area (Å²) in [6, 6.07) is 3.61. The third-order valence-corrected chi connectivity index (χ3v) is 7.35. The first-order valence-corrected chi connectivity index (χ1v) is 12.8. The molecule has 4 atom stereocenters. The van der Waals surface area contributed by atoms with Gasteiger partial charge in [-0.1, -0.05) is 18.2 Å². The van der Waals surface area contributed by atoms with Crippen LogP contribution in [-0.4, -0.2) is 91.9 Å². The SMILES string of the molecule is NC(Cc1c[nH]c2ccccc12)C(=O)NC(CCC(=O)O)C(=O)N1CCCC1C(=O)N1CCCC1C(=O)O. The van der Waals surface area contributed by atoms with Crippen LogP contribution in [0.25, 0.3) is 10.9 Å². The average molecular weight is 528 g/mol. The summed E-state index contributed by atoms with van der Waals surface area (Å²) < 4.78 is 0. The van der Waals surface area contributed by atoms with E-state index in [0.29, 0.717) is 32.2 Å². The van der Waals surface area contributed by atoms with Gasteiger partial charge in [0, 0.05) is 36.6 Å². The fourth-order valence-electron chi connectivity index (χ4n) is 5.40. The number of para-hydroxylation sites is 1. The maximum Gasteiger partial charge on any atom is 0.326 e. The van der Waals surface area contributed by atoms with Gasteiger partial charge in [0.25, 0.3) is 0 Å². The second-order valence-electron chi connectivity index (χ2n) is 9.88. The minimum atomic E-state index is -1.19. The topological polar surface area (TPSA) is 186 Å². The van der Waals surface area contributed by atoms with Crippen LogP contribution in [0.4, 0.5) is 0 Å². The van der Waals surface area contributed by atoms with Crippen LogP contribution in [0.5, 0.6) is 0 Å². The molecule has 3 heterocycles. The maximum atomic E-state index is 13.5. The minimum Gasteiger partial charge on any atom is -0.481 e. The zero-order valence-corrected chi connectivity index (χ0v) is 21.0. The standard InChI is InChI=1S/C26H33N5O7/c27-17(13-15-14-28-18-6-2-1-5-16(15)18)23(34)29-19(9-10-22(32)33)24(35)30-11-3-7-20(30)25(36)31-12-4-8-21(31)26(37)38/h1-2,5-6,14,17,19-21,28H,3-4,7-13,27H2,(H,29,34)(H,32,33)(H,37,38).